The van der Waals surface area contributed by atoms with Crippen molar-refractivity contribution in [2.75, 3.05) is 51.3 Å². The summed E-state index contributed by atoms with van der Waals surface area (Å²) in [5.74, 6) is -1.78. The van der Waals surface area contributed by atoms with E-state index in [0.29, 0.717) is 39.1 Å². The average Bonchev–Trinajstić information content (AvgIpc) is 2.63. The Labute approximate surface area is 160 Å². The second kappa shape index (κ2) is 10.1. The molecule has 1 unspecified atom stereocenters. The molecule has 0 bridgehead atoms. The number of nitrogens with one attached hydrogen (secondary N) is 1. The summed E-state index contributed by atoms with van der Waals surface area (Å²) >= 11 is 0. The predicted molar refractivity (Wildman–Crippen MR) is 94.0 cm³/mol. The van der Waals surface area contributed by atoms with Crippen molar-refractivity contribution in [3.63, 3.8) is 0 Å². The molecule has 1 aromatic rings. The fourth-order valence-corrected chi connectivity index (χ4v) is 2.95. The highest BCUT2D eigenvalue weighted by Gasteiger charge is 2.28. The number of piperazine rings is 1. The maximum atomic E-state index is 13.7. The van der Waals surface area contributed by atoms with E-state index in [4.69, 9.17) is 0 Å². The van der Waals surface area contributed by atoms with Crippen molar-refractivity contribution in [1.29, 1.82) is 0 Å². The van der Waals surface area contributed by atoms with Crippen LogP contribution >= 0.6 is 0 Å². The van der Waals surface area contributed by atoms with Crippen LogP contribution in [-0.4, -0.2) is 73.9 Å². The van der Waals surface area contributed by atoms with Gasteiger partial charge in [-0.2, -0.15) is 13.2 Å². The molecule has 2 rings (SSSR count). The van der Waals surface area contributed by atoms with Crippen LogP contribution in [0.15, 0.2) is 18.2 Å². The van der Waals surface area contributed by atoms with Gasteiger partial charge in [0.05, 0.1) is 11.7 Å². The van der Waals surface area contributed by atoms with E-state index in [9.17, 15) is 26.7 Å². The summed E-state index contributed by atoms with van der Waals surface area (Å²) in [4.78, 5) is 16.3. The van der Waals surface area contributed by atoms with Crippen molar-refractivity contribution in [2.45, 2.75) is 25.6 Å². The van der Waals surface area contributed by atoms with E-state index in [1.165, 1.54) is 0 Å². The van der Waals surface area contributed by atoms with E-state index in [1.54, 1.807) is 6.92 Å². The first-order valence-corrected chi connectivity index (χ1v) is 9.02. The maximum Gasteiger partial charge on any atom is 0.411 e. The smallest absolute Gasteiger partial charge is 0.372 e. The Kier molecular flexibility index (Phi) is 8.14. The summed E-state index contributed by atoms with van der Waals surface area (Å²) < 4.78 is 67.4. The lowest BCUT2D eigenvalue weighted by Gasteiger charge is -2.37. The molecule has 1 aliphatic rings. The Morgan fingerprint density at radius 1 is 1.21 bits per heavy atom. The fraction of sp³-hybridized carbons (Fsp3) is 0.611. The van der Waals surface area contributed by atoms with Gasteiger partial charge in [0.2, 0.25) is 5.91 Å². The number of hydrogen-bond acceptors (Lipinski definition) is 4. The minimum atomic E-state index is -4.31. The van der Waals surface area contributed by atoms with Crippen LogP contribution in [0.3, 0.4) is 0 Å². The van der Waals surface area contributed by atoms with Gasteiger partial charge in [0, 0.05) is 45.4 Å². The molecule has 10 heteroatoms. The highest BCUT2D eigenvalue weighted by atomic mass is 19.4. The number of amides is 1. The number of halogens is 5. The molecule has 0 spiro atoms. The first-order chi connectivity index (χ1) is 13.2. The number of hydrogen-bond donors (Lipinski definition) is 1. The zero-order valence-corrected chi connectivity index (χ0v) is 15.6. The summed E-state index contributed by atoms with van der Waals surface area (Å²) in [6.07, 6.45) is -3.82. The lowest BCUT2D eigenvalue weighted by atomic mass is 10.2. The zero-order chi connectivity index (χ0) is 20.7. The van der Waals surface area contributed by atoms with Gasteiger partial charge in [-0.15, -0.1) is 0 Å². The van der Waals surface area contributed by atoms with Gasteiger partial charge in [-0.1, -0.05) is 0 Å². The molecule has 158 valence electrons. The minimum Gasteiger partial charge on any atom is -0.372 e. The van der Waals surface area contributed by atoms with Gasteiger partial charge in [-0.3, -0.25) is 9.69 Å². The van der Waals surface area contributed by atoms with Gasteiger partial charge in [-0.05, 0) is 25.5 Å². The summed E-state index contributed by atoms with van der Waals surface area (Å²) in [5.41, 5.74) is -0.200. The summed E-state index contributed by atoms with van der Waals surface area (Å²) in [6.45, 7) is 3.59. The molecular formula is C18H24F5N3O2. The van der Waals surface area contributed by atoms with E-state index in [0.717, 1.165) is 18.2 Å². The number of anilines is 1. The summed E-state index contributed by atoms with van der Waals surface area (Å²) in [6, 6.07) is 2.33. The van der Waals surface area contributed by atoms with Crippen molar-refractivity contribution < 1.29 is 31.5 Å². The maximum absolute atomic E-state index is 13.7. The Morgan fingerprint density at radius 2 is 1.89 bits per heavy atom. The third-order valence-corrected chi connectivity index (χ3v) is 4.55. The predicted octanol–water partition coefficient (Wildman–Crippen LogP) is 2.88. The second-order valence-electron chi connectivity index (χ2n) is 6.69. The van der Waals surface area contributed by atoms with Crippen LogP contribution in [0.1, 0.15) is 13.3 Å². The van der Waals surface area contributed by atoms with Crippen molar-refractivity contribution >= 4 is 11.6 Å². The molecule has 0 saturated carbocycles. The third-order valence-electron chi connectivity index (χ3n) is 4.55. The quantitative estimate of drug-likeness (QED) is 0.530. The number of carbonyl (C=O) groups is 1. The molecule has 1 atom stereocenters. The molecule has 28 heavy (non-hydrogen) atoms. The summed E-state index contributed by atoms with van der Waals surface area (Å²) in [5, 5.41) is 2.40. The van der Waals surface area contributed by atoms with Crippen LogP contribution in [0.2, 0.25) is 0 Å². The Hall–Kier alpha value is -1.78. The normalized spacial score (nSPS) is 17.5. The molecule has 0 aromatic heterocycles. The molecule has 1 amide bonds. The first-order valence-electron chi connectivity index (χ1n) is 9.02. The number of nitrogens with zero attached hydrogens (tertiary/aromatic N) is 2. The van der Waals surface area contributed by atoms with E-state index in [2.05, 4.69) is 15.0 Å². The molecule has 5 nitrogen and oxygen atoms in total. The second-order valence-corrected chi connectivity index (χ2v) is 6.69. The summed E-state index contributed by atoms with van der Waals surface area (Å²) in [7, 11) is 0. The highest BCUT2D eigenvalue weighted by Crippen LogP contribution is 2.17. The topological polar surface area (TPSA) is 44.8 Å². The zero-order valence-electron chi connectivity index (χ0n) is 15.6. The Morgan fingerprint density at radius 3 is 2.54 bits per heavy atom. The van der Waals surface area contributed by atoms with Crippen LogP contribution in [0, 0.1) is 11.6 Å². The molecule has 1 aromatic carbocycles. The van der Waals surface area contributed by atoms with Crippen LogP contribution in [-0.2, 0) is 9.53 Å². The average molecular weight is 409 g/mol. The van der Waals surface area contributed by atoms with E-state index >= 15 is 0 Å². The highest BCUT2D eigenvalue weighted by molar-refractivity contribution is 5.94. The Balaban J connectivity index is 1.70. The monoisotopic (exact) mass is 409 g/mol. The van der Waals surface area contributed by atoms with Gasteiger partial charge >= 0.3 is 6.18 Å². The van der Waals surface area contributed by atoms with E-state index < -0.39 is 36.4 Å². The van der Waals surface area contributed by atoms with Gasteiger partial charge in [0.25, 0.3) is 0 Å². The molecular weight excluding hydrogens is 385 g/mol. The van der Waals surface area contributed by atoms with Crippen LogP contribution < -0.4 is 5.32 Å². The molecule has 1 saturated heterocycles. The number of carbonyl (C=O) groups excluding carboxylic acids is 1. The largest absolute Gasteiger partial charge is 0.411 e. The van der Waals surface area contributed by atoms with E-state index in [1.807, 2.05) is 4.90 Å². The molecule has 1 heterocycles. The Bertz CT molecular complexity index is 649. The number of benzene rings is 1. The lowest BCUT2D eigenvalue weighted by molar-refractivity contribution is -0.174. The molecule has 1 aliphatic heterocycles. The number of rotatable bonds is 8. The third kappa shape index (κ3) is 7.33. The molecule has 0 aliphatic carbocycles. The standard InChI is InChI=1S/C18H24F5N3O2/c1-13(17(27)24-16-11-14(19)3-4-15(16)20)26-8-6-25(7-9-26)5-2-10-28-12-18(21,22)23/h3-4,11,13H,2,5-10,12H2,1H3,(H,24,27). The van der Waals surface area contributed by atoms with Gasteiger partial charge < -0.3 is 15.0 Å². The molecule has 1 N–H and O–H groups in total. The number of ether oxygens (including phenoxy) is 1. The van der Waals surface area contributed by atoms with Crippen LogP contribution in [0.4, 0.5) is 27.6 Å². The van der Waals surface area contributed by atoms with Gasteiger partial charge in [-0.25, -0.2) is 8.78 Å². The number of alkyl halides is 3. The van der Waals surface area contributed by atoms with Gasteiger partial charge in [0.15, 0.2) is 0 Å². The molecule has 1 fully saturated rings. The van der Waals surface area contributed by atoms with Gasteiger partial charge in [0.1, 0.15) is 18.2 Å². The first kappa shape index (κ1) is 22.5. The van der Waals surface area contributed by atoms with Crippen molar-refractivity contribution in [1.82, 2.24) is 9.80 Å². The van der Waals surface area contributed by atoms with Crippen molar-refractivity contribution in [2.24, 2.45) is 0 Å². The van der Waals surface area contributed by atoms with Crippen LogP contribution in [0.25, 0.3) is 0 Å². The fourth-order valence-electron chi connectivity index (χ4n) is 2.95. The minimum absolute atomic E-state index is 0.0394. The SMILES string of the molecule is CC(C(=O)Nc1cc(F)ccc1F)N1CCN(CCCOCC(F)(F)F)CC1. The van der Waals surface area contributed by atoms with Crippen molar-refractivity contribution in [3.8, 4) is 0 Å². The van der Waals surface area contributed by atoms with E-state index in [-0.39, 0.29) is 12.3 Å². The van der Waals surface area contributed by atoms with Crippen LogP contribution in [0.5, 0.6) is 0 Å². The lowest BCUT2D eigenvalue weighted by Crippen LogP contribution is -2.52. The van der Waals surface area contributed by atoms with Crippen molar-refractivity contribution in [3.05, 3.63) is 29.8 Å². The molecule has 0 radical (unpaired) electrons.